The van der Waals surface area contributed by atoms with Crippen LogP contribution in [0.3, 0.4) is 0 Å². The zero-order chi connectivity index (χ0) is 24.2. The fraction of sp³-hybridized carbons (Fsp3) is 0.120. The number of benzene rings is 3. The molecule has 4 rings (SSSR count). The lowest BCUT2D eigenvalue weighted by Gasteiger charge is -2.13. The Labute approximate surface area is 216 Å². The van der Waals surface area contributed by atoms with Crippen LogP contribution in [0.4, 0.5) is 4.79 Å². The lowest BCUT2D eigenvalue weighted by Crippen LogP contribution is -2.27. The molecule has 3 aromatic rings. The molecular weight excluding hydrogens is 517 g/mol. The number of rotatable bonds is 7. The molecule has 0 bridgehead atoms. The molecule has 1 fully saturated rings. The molecule has 1 aliphatic rings. The maximum atomic E-state index is 12.9. The number of carbonyl (C=O) groups excluding carboxylic acids is 2. The van der Waals surface area contributed by atoms with Gasteiger partial charge >= 0.3 is 0 Å². The van der Waals surface area contributed by atoms with Gasteiger partial charge in [0.25, 0.3) is 11.1 Å². The summed E-state index contributed by atoms with van der Waals surface area (Å²) in [7, 11) is 1.54. The highest BCUT2D eigenvalue weighted by Crippen LogP contribution is 2.36. The number of amides is 2. The maximum absolute atomic E-state index is 12.9. The maximum Gasteiger partial charge on any atom is 0.293 e. The van der Waals surface area contributed by atoms with Crippen LogP contribution < -0.4 is 9.47 Å². The van der Waals surface area contributed by atoms with Gasteiger partial charge in [-0.1, -0.05) is 59.1 Å². The molecule has 9 heteroatoms. The first-order valence-electron chi connectivity index (χ1n) is 10.1. The van der Waals surface area contributed by atoms with E-state index in [1.165, 1.54) is 4.90 Å². The number of carbonyl (C=O) groups is 2. The van der Waals surface area contributed by atoms with E-state index in [-0.39, 0.29) is 17.7 Å². The van der Waals surface area contributed by atoms with Crippen LogP contribution in [0.5, 0.6) is 11.5 Å². The summed E-state index contributed by atoms with van der Waals surface area (Å²) in [5.74, 6) is 0.697. The fourth-order valence-corrected chi connectivity index (χ4v) is 4.53. The Bertz CT molecular complexity index is 1280. The molecule has 0 atom stereocenters. The summed E-state index contributed by atoms with van der Waals surface area (Å²) < 4.78 is 11.3. The minimum atomic E-state index is -0.372. The Balaban J connectivity index is 1.48. The van der Waals surface area contributed by atoms with Gasteiger partial charge < -0.3 is 9.47 Å². The highest BCUT2D eigenvalue weighted by molar-refractivity contribution is 8.18. The van der Waals surface area contributed by atoms with Crippen LogP contribution in [0.1, 0.15) is 16.7 Å². The summed E-state index contributed by atoms with van der Waals surface area (Å²) >= 11 is 18.8. The van der Waals surface area contributed by atoms with Crippen LogP contribution in [-0.4, -0.2) is 23.2 Å². The summed E-state index contributed by atoms with van der Waals surface area (Å²) in [6.07, 6.45) is 1.66. The second-order valence-electron chi connectivity index (χ2n) is 7.34. The summed E-state index contributed by atoms with van der Waals surface area (Å²) in [5.41, 5.74) is 2.38. The van der Waals surface area contributed by atoms with E-state index in [1.807, 2.05) is 12.1 Å². The molecule has 0 radical (unpaired) electrons. The second kappa shape index (κ2) is 10.7. The second-order valence-corrected chi connectivity index (χ2v) is 9.59. The Morgan fingerprint density at radius 1 is 0.882 bits per heavy atom. The monoisotopic (exact) mass is 533 g/mol. The van der Waals surface area contributed by atoms with Crippen molar-refractivity contribution < 1.29 is 19.1 Å². The van der Waals surface area contributed by atoms with Crippen molar-refractivity contribution in [3.05, 3.63) is 97.3 Å². The van der Waals surface area contributed by atoms with E-state index < -0.39 is 0 Å². The van der Waals surface area contributed by atoms with Crippen LogP contribution in [0.25, 0.3) is 6.08 Å². The molecule has 1 saturated heterocycles. The molecule has 0 N–H and O–H groups in total. The predicted octanol–water partition coefficient (Wildman–Crippen LogP) is 7.47. The van der Waals surface area contributed by atoms with Crippen molar-refractivity contribution in [1.29, 1.82) is 0 Å². The number of ether oxygens (including phenoxy) is 2. The van der Waals surface area contributed by atoms with E-state index in [0.29, 0.717) is 49.2 Å². The Morgan fingerprint density at radius 3 is 2.32 bits per heavy atom. The van der Waals surface area contributed by atoms with Gasteiger partial charge in [0.05, 0.1) is 28.6 Å². The van der Waals surface area contributed by atoms with Gasteiger partial charge in [0.1, 0.15) is 6.61 Å². The van der Waals surface area contributed by atoms with Crippen molar-refractivity contribution in [3.8, 4) is 11.5 Å². The summed E-state index contributed by atoms with van der Waals surface area (Å²) in [6.45, 7) is 0.459. The molecular formula is C25H18Cl3NO4S. The molecule has 34 heavy (non-hydrogen) atoms. The molecule has 1 aliphatic heterocycles. The van der Waals surface area contributed by atoms with Crippen molar-refractivity contribution in [2.45, 2.75) is 13.2 Å². The van der Waals surface area contributed by atoms with Gasteiger partial charge in [0, 0.05) is 5.02 Å². The Hall–Kier alpha value is -2.64. The standard InChI is InChI=1S/C25H18Cl3NO4S/c1-32-22-11-16(5-9-21(22)33-14-15-2-6-18(26)7-3-15)12-23-24(30)29(25(31)34-23)13-17-4-8-19(27)20(28)10-17/h2-12H,13-14H2,1H3/b23-12+. The zero-order valence-electron chi connectivity index (χ0n) is 17.9. The quantitative estimate of drug-likeness (QED) is 0.294. The van der Waals surface area contributed by atoms with Crippen molar-refractivity contribution in [2.75, 3.05) is 7.11 Å². The summed E-state index contributed by atoms with van der Waals surface area (Å²) in [5, 5.41) is 1.09. The number of nitrogens with zero attached hydrogens (tertiary/aromatic N) is 1. The molecule has 174 valence electrons. The highest BCUT2D eigenvalue weighted by Gasteiger charge is 2.35. The van der Waals surface area contributed by atoms with E-state index in [0.717, 1.165) is 17.3 Å². The molecule has 0 saturated carbocycles. The molecule has 5 nitrogen and oxygen atoms in total. The first-order chi connectivity index (χ1) is 16.3. The number of halogens is 3. The highest BCUT2D eigenvalue weighted by atomic mass is 35.5. The van der Waals surface area contributed by atoms with Gasteiger partial charge in [0.2, 0.25) is 0 Å². The lowest BCUT2D eigenvalue weighted by atomic mass is 10.1. The molecule has 1 heterocycles. The van der Waals surface area contributed by atoms with Gasteiger partial charge in [-0.25, -0.2) is 0 Å². The number of hydrogen-bond donors (Lipinski definition) is 0. The van der Waals surface area contributed by atoms with E-state index in [1.54, 1.807) is 61.7 Å². The smallest absolute Gasteiger partial charge is 0.293 e. The number of hydrogen-bond acceptors (Lipinski definition) is 5. The van der Waals surface area contributed by atoms with Crippen LogP contribution >= 0.6 is 46.6 Å². The van der Waals surface area contributed by atoms with E-state index in [9.17, 15) is 9.59 Å². The van der Waals surface area contributed by atoms with Crippen molar-refractivity contribution in [3.63, 3.8) is 0 Å². The topological polar surface area (TPSA) is 55.8 Å². The predicted molar refractivity (Wildman–Crippen MR) is 137 cm³/mol. The zero-order valence-corrected chi connectivity index (χ0v) is 21.0. The van der Waals surface area contributed by atoms with Gasteiger partial charge in [-0.05, 0) is 70.9 Å². The van der Waals surface area contributed by atoms with Gasteiger partial charge in [-0.15, -0.1) is 0 Å². The van der Waals surface area contributed by atoms with Gasteiger partial charge in [-0.3, -0.25) is 14.5 Å². The largest absolute Gasteiger partial charge is 0.493 e. The summed E-state index contributed by atoms with van der Waals surface area (Å²) in [4.78, 5) is 26.8. The van der Waals surface area contributed by atoms with Gasteiger partial charge in [-0.2, -0.15) is 0 Å². The minimum Gasteiger partial charge on any atom is -0.493 e. The van der Waals surface area contributed by atoms with Crippen molar-refractivity contribution in [1.82, 2.24) is 4.90 Å². The third-order valence-corrected chi connectivity index (χ3v) is 6.89. The van der Waals surface area contributed by atoms with Crippen LogP contribution in [-0.2, 0) is 17.9 Å². The Kier molecular flexibility index (Phi) is 7.73. The molecule has 0 spiro atoms. The third kappa shape index (κ3) is 5.70. The summed E-state index contributed by atoms with van der Waals surface area (Å²) in [6, 6.07) is 17.7. The SMILES string of the molecule is COc1cc(/C=C2/SC(=O)N(Cc3ccc(Cl)c(Cl)c3)C2=O)ccc1OCc1ccc(Cl)cc1. The van der Waals surface area contributed by atoms with Crippen LogP contribution in [0.15, 0.2) is 65.6 Å². The molecule has 2 amide bonds. The number of methoxy groups -OCH3 is 1. The van der Waals surface area contributed by atoms with Crippen molar-refractivity contribution in [2.24, 2.45) is 0 Å². The third-order valence-electron chi connectivity index (χ3n) is 4.99. The van der Waals surface area contributed by atoms with Crippen molar-refractivity contribution >= 4 is 63.8 Å². The fourth-order valence-electron chi connectivity index (χ4n) is 3.24. The molecule has 0 aromatic heterocycles. The number of thioether (sulfide) groups is 1. The van der Waals surface area contributed by atoms with Crippen LogP contribution in [0.2, 0.25) is 15.1 Å². The first kappa shape index (κ1) is 24.5. The number of imide groups is 1. The molecule has 0 unspecified atom stereocenters. The van der Waals surface area contributed by atoms with Crippen LogP contribution in [0, 0.1) is 0 Å². The van der Waals surface area contributed by atoms with Gasteiger partial charge in [0.15, 0.2) is 11.5 Å². The van der Waals surface area contributed by atoms with E-state index in [4.69, 9.17) is 44.3 Å². The molecule has 3 aromatic carbocycles. The Morgan fingerprint density at radius 2 is 1.62 bits per heavy atom. The molecule has 0 aliphatic carbocycles. The van der Waals surface area contributed by atoms with E-state index >= 15 is 0 Å². The average Bonchev–Trinajstić information content (AvgIpc) is 3.08. The average molecular weight is 535 g/mol. The first-order valence-corrected chi connectivity index (χ1v) is 12.0. The van der Waals surface area contributed by atoms with E-state index in [2.05, 4.69) is 0 Å². The minimum absolute atomic E-state index is 0.111. The normalized spacial score (nSPS) is 14.7. The lowest BCUT2D eigenvalue weighted by molar-refractivity contribution is -0.123.